The lowest BCUT2D eigenvalue weighted by molar-refractivity contribution is 0.191. The molecular formula is C9H13N3O3S3. The lowest BCUT2D eigenvalue weighted by atomic mass is 10.3. The molecule has 0 saturated carbocycles. The monoisotopic (exact) mass is 307 g/mol. The van der Waals surface area contributed by atoms with Crippen molar-refractivity contribution < 1.29 is 13.2 Å². The molecule has 1 aromatic heterocycles. The molecule has 0 fully saturated rings. The molecule has 2 heterocycles. The fraction of sp³-hybridized carbons (Fsp3) is 0.333. The van der Waals surface area contributed by atoms with E-state index in [1.54, 1.807) is 13.2 Å². The Morgan fingerprint density at radius 3 is 3.00 bits per heavy atom. The summed E-state index contributed by atoms with van der Waals surface area (Å²) in [7, 11) is -1.93. The van der Waals surface area contributed by atoms with Gasteiger partial charge in [-0.15, -0.1) is 16.2 Å². The van der Waals surface area contributed by atoms with E-state index in [4.69, 9.17) is 10.6 Å². The number of methoxy groups -OCH3 is 1. The standard InChI is InChI=1S/C9H13N3O3S3/c1-15-5-4-12-3-2-7-6-8(16-9(7)17-12)18(13,14)11-10/h2-3,6,11H,4-5,10H2,1H3. The zero-order valence-electron chi connectivity index (χ0n) is 9.62. The minimum Gasteiger partial charge on any atom is -0.383 e. The highest BCUT2D eigenvalue weighted by molar-refractivity contribution is 7.99. The Morgan fingerprint density at radius 2 is 2.33 bits per heavy atom. The van der Waals surface area contributed by atoms with Gasteiger partial charge in [0.25, 0.3) is 10.0 Å². The van der Waals surface area contributed by atoms with Crippen molar-refractivity contribution in [1.29, 1.82) is 0 Å². The number of thiophene rings is 1. The fourth-order valence-electron chi connectivity index (χ4n) is 1.35. The summed E-state index contributed by atoms with van der Waals surface area (Å²) in [5.74, 6) is 5.01. The van der Waals surface area contributed by atoms with E-state index in [9.17, 15) is 8.42 Å². The van der Waals surface area contributed by atoms with E-state index >= 15 is 0 Å². The molecule has 6 nitrogen and oxygen atoms in total. The number of nitrogens with one attached hydrogen (secondary N) is 1. The fourth-order valence-corrected chi connectivity index (χ4v) is 4.79. The molecule has 0 spiro atoms. The SMILES string of the molecule is COCCN1C=Cc2cc(S(=O)(=O)NN)sc2S1. The number of nitrogens with two attached hydrogens (primary N) is 1. The number of hydrazine groups is 1. The van der Waals surface area contributed by atoms with Crippen LogP contribution < -0.4 is 10.7 Å². The van der Waals surface area contributed by atoms with Crippen LogP contribution in [0, 0.1) is 0 Å². The average Bonchev–Trinajstić information content (AvgIpc) is 2.80. The lowest BCUT2D eigenvalue weighted by Crippen LogP contribution is -2.29. The largest absolute Gasteiger partial charge is 0.383 e. The predicted molar refractivity (Wildman–Crippen MR) is 72.3 cm³/mol. The molecule has 0 saturated heterocycles. The van der Waals surface area contributed by atoms with E-state index in [-0.39, 0.29) is 4.21 Å². The molecule has 1 aliphatic heterocycles. The van der Waals surface area contributed by atoms with Crippen molar-refractivity contribution >= 4 is 39.4 Å². The second-order valence-electron chi connectivity index (χ2n) is 3.47. The third-order valence-corrected chi connectivity index (χ3v) is 6.28. The molecule has 0 atom stereocenters. The van der Waals surface area contributed by atoms with Crippen LogP contribution in [0.5, 0.6) is 0 Å². The summed E-state index contributed by atoms with van der Waals surface area (Å²) >= 11 is 2.70. The van der Waals surface area contributed by atoms with Crippen LogP contribution in [-0.2, 0) is 14.8 Å². The van der Waals surface area contributed by atoms with Gasteiger partial charge in [0, 0.05) is 18.9 Å². The topological polar surface area (TPSA) is 84.7 Å². The molecule has 0 bridgehead atoms. The van der Waals surface area contributed by atoms with Gasteiger partial charge in [-0.05, 0) is 24.1 Å². The van der Waals surface area contributed by atoms with Crippen LogP contribution in [0.15, 0.2) is 20.7 Å². The normalized spacial score (nSPS) is 14.9. The summed E-state index contributed by atoms with van der Waals surface area (Å²) in [5.41, 5.74) is 0.896. The Hall–Kier alpha value is -0.580. The molecular weight excluding hydrogens is 294 g/mol. The first-order valence-corrected chi connectivity index (χ1v) is 8.12. The van der Waals surface area contributed by atoms with Gasteiger partial charge in [0.15, 0.2) is 0 Å². The molecule has 1 aliphatic rings. The summed E-state index contributed by atoms with van der Waals surface area (Å²) in [5, 5.41) is 0. The van der Waals surface area contributed by atoms with E-state index in [1.165, 1.54) is 23.3 Å². The first-order valence-electron chi connectivity index (χ1n) is 5.05. The van der Waals surface area contributed by atoms with Gasteiger partial charge in [0.05, 0.1) is 17.4 Å². The number of rotatable bonds is 5. The number of hydrogen-bond acceptors (Lipinski definition) is 7. The van der Waals surface area contributed by atoms with Crippen LogP contribution in [0.4, 0.5) is 0 Å². The summed E-state index contributed by atoms with van der Waals surface area (Å²) in [6.07, 6.45) is 3.79. The van der Waals surface area contributed by atoms with Crippen molar-refractivity contribution in [3.05, 3.63) is 17.8 Å². The molecule has 3 N–H and O–H groups in total. The predicted octanol–water partition coefficient (Wildman–Crippen LogP) is 0.840. The van der Waals surface area contributed by atoms with E-state index in [2.05, 4.69) is 0 Å². The minimum atomic E-state index is -3.57. The summed E-state index contributed by atoms with van der Waals surface area (Å²) in [6.45, 7) is 1.36. The molecule has 18 heavy (non-hydrogen) atoms. The van der Waals surface area contributed by atoms with Crippen molar-refractivity contribution in [2.24, 2.45) is 5.84 Å². The van der Waals surface area contributed by atoms with Crippen molar-refractivity contribution in [3.8, 4) is 0 Å². The third-order valence-electron chi connectivity index (χ3n) is 2.26. The molecule has 0 aromatic carbocycles. The summed E-state index contributed by atoms with van der Waals surface area (Å²) < 4.78 is 31.3. The van der Waals surface area contributed by atoms with E-state index < -0.39 is 10.0 Å². The van der Waals surface area contributed by atoms with Crippen molar-refractivity contribution in [1.82, 2.24) is 9.14 Å². The highest BCUT2D eigenvalue weighted by atomic mass is 32.3. The Bertz CT molecular complexity index is 553. The van der Waals surface area contributed by atoms with Gasteiger partial charge < -0.3 is 9.04 Å². The summed E-state index contributed by atoms with van der Waals surface area (Å²) in [6, 6.07) is 1.62. The number of sulfonamides is 1. The molecule has 1 aromatic rings. The van der Waals surface area contributed by atoms with E-state index in [0.29, 0.717) is 6.61 Å². The van der Waals surface area contributed by atoms with Gasteiger partial charge in [-0.2, -0.15) is 0 Å². The Morgan fingerprint density at radius 1 is 1.56 bits per heavy atom. The quantitative estimate of drug-likeness (QED) is 0.476. The molecule has 0 unspecified atom stereocenters. The van der Waals surface area contributed by atoms with Gasteiger partial charge in [0.1, 0.15) is 4.21 Å². The molecule has 9 heteroatoms. The zero-order valence-corrected chi connectivity index (χ0v) is 12.1. The number of nitrogens with zero attached hydrogens (tertiary/aromatic N) is 1. The van der Waals surface area contributed by atoms with Crippen LogP contribution in [0.3, 0.4) is 0 Å². The van der Waals surface area contributed by atoms with Crippen molar-refractivity contribution in [3.63, 3.8) is 0 Å². The summed E-state index contributed by atoms with van der Waals surface area (Å²) in [4.78, 5) is 1.83. The second-order valence-corrected chi connectivity index (χ2v) is 7.78. The van der Waals surface area contributed by atoms with Gasteiger partial charge >= 0.3 is 0 Å². The Kier molecular flexibility index (Phi) is 4.30. The first-order chi connectivity index (χ1) is 8.56. The molecule has 0 radical (unpaired) electrons. The minimum absolute atomic E-state index is 0.223. The highest BCUT2D eigenvalue weighted by Gasteiger charge is 2.21. The van der Waals surface area contributed by atoms with Crippen molar-refractivity contribution in [2.75, 3.05) is 20.3 Å². The van der Waals surface area contributed by atoms with Crippen LogP contribution in [0.25, 0.3) is 6.08 Å². The maximum atomic E-state index is 11.6. The third kappa shape index (κ3) is 2.87. The maximum absolute atomic E-state index is 11.6. The van der Waals surface area contributed by atoms with Crippen LogP contribution in [0.1, 0.15) is 5.56 Å². The Balaban J connectivity index is 2.19. The van der Waals surface area contributed by atoms with Gasteiger partial charge in [-0.3, -0.25) is 5.84 Å². The zero-order chi connectivity index (χ0) is 13.2. The molecule has 0 amide bonds. The van der Waals surface area contributed by atoms with Gasteiger partial charge in [-0.1, -0.05) is 0 Å². The van der Waals surface area contributed by atoms with Crippen LogP contribution >= 0.6 is 23.3 Å². The van der Waals surface area contributed by atoms with E-state index in [0.717, 1.165) is 16.3 Å². The second kappa shape index (κ2) is 5.59. The van der Waals surface area contributed by atoms with E-state index in [1.807, 2.05) is 21.4 Å². The van der Waals surface area contributed by atoms with Gasteiger partial charge in [-0.25, -0.2) is 8.42 Å². The maximum Gasteiger partial charge on any atom is 0.262 e. The lowest BCUT2D eigenvalue weighted by Gasteiger charge is -2.20. The van der Waals surface area contributed by atoms with Crippen molar-refractivity contribution in [2.45, 2.75) is 8.42 Å². The average molecular weight is 307 g/mol. The number of fused-ring (bicyclic) bond motifs is 1. The highest BCUT2D eigenvalue weighted by Crippen LogP contribution is 2.39. The molecule has 2 rings (SSSR count). The smallest absolute Gasteiger partial charge is 0.262 e. The van der Waals surface area contributed by atoms with Crippen LogP contribution in [0.2, 0.25) is 0 Å². The Labute approximate surface area is 114 Å². The van der Waals surface area contributed by atoms with Crippen LogP contribution in [-0.4, -0.2) is 33.0 Å². The first kappa shape index (κ1) is 13.8. The van der Waals surface area contributed by atoms with Gasteiger partial charge in [0.2, 0.25) is 0 Å². The number of ether oxygens (including phenoxy) is 1. The molecule has 0 aliphatic carbocycles. The number of hydrogen-bond donors (Lipinski definition) is 2. The molecule has 100 valence electrons.